The van der Waals surface area contributed by atoms with Gasteiger partial charge in [0.05, 0.1) is 0 Å². The summed E-state index contributed by atoms with van der Waals surface area (Å²) < 4.78 is 5.50. The highest BCUT2D eigenvalue weighted by Gasteiger charge is 2.13. The maximum absolute atomic E-state index is 11.8. The molecule has 2 aromatic carbocycles. The predicted octanol–water partition coefficient (Wildman–Crippen LogP) is 3.27. The van der Waals surface area contributed by atoms with E-state index in [0.717, 1.165) is 5.56 Å². The van der Waals surface area contributed by atoms with E-state index in [4.69, 9.17) is 4.74 Å². The Balaban J connectivity index is 1.77. The van der Waals surface area contributed by atoms with Crippen LogP contribution in [-0.2, 0) is 4.79 Å². The van der Waals surface area contributed by atoms with Gasteiger partial charge in [-0.15, -0.1) is 0 Å². The Kier molecular flexibility index (Phi) is 5.93. The number of para-hydroxylation sites is 1. The molecule has 0 aliphatic rings. The van der Waals surface area contributed by atoms with E-state index in [1.807, 2.05) is 54.6 Å². The van der Waals surface area contributed by atoms with Gasteiger partial charge in [-0.3, -0.25) is 4.79 Å². The fourth-order valence-corrected chi connectivity index (χ4v) is 1.71. The van der Waals surface area contributed by atoms with Crippen molar-refractivity contribution in [3.63, 3.8) is 0 Å². The number of amides is 1. The number of nitrogens with one attached hydrogen (secondary N) is 1. The Morgan fingerprint density at radius 3 is 2.41 bits per heavy atom. The number of benzene rings is 2. The van der Waals surface area contributed by atoms with Gasteiger partial charge in [-0.05, 0) is 30.7 Å². The zero-order valence-corrected chi connectivity index (χ0v) is 12.3. The second kappa shape index (κ2) is 8.42. The molecule has 0 spiro atoms. The number of rotatable bonds is 6. The summed E-state index contributed by atoms with van der Waals surface area (Å²) in [6, 6.07) is 19.0. The summed E-state index contributed by atoms with van der Waals surface area (Å²) in [6.45, 7) is 1.68. The van der Waals surface area contributed by atoms with Gasteiger partial charge in [0.25, 0.3) is 5.91 Å². The molecule has 2 rings (SSSR count). The van der Waals surface area contributed by atoms with Crippen molar-refractivity contribution in [2.45, 2.75) is 13.0 Å². The minimum Gasteiger partial charge on any atom is -0.481 e. The number of hydrogen-bond acceptors (Lipinski definition) is 3. The Morgan fingerprint density at radius 1 is 1.09 bits per heavy atom. The number of hydrogen-bond donors (Lipinski definition) is 1. The van der Waals surface area contributed by atoms with Crippen LogP contribution in [0.15, 0.2) is 71.8 Å². The van der Waals surface area contributed by atoms with Gasteiger partial charge in [0.2, 0.25) is 0 Å². The molecule has 1 amide bonds. The van der Waals surface area contributed by atoms with E-state index in [2.05, 4.69) is 10.5 Å². The SMILES string of the molecule is CC(Oc1ccccc1)C(=O)NN=CC=Cc1ccccc1. The highest BCUT2D eigenvalue weighted by molar-refractivity contribution is 5.83. The van der Waals surface area contributed by atoms with Crippen LogP contribution in [0.5, 0.6) is 5.75 Å². The topological polar surface area (TPSA) is 50.7 Å². The Hall–Kier alpha value is -2.88. The molecule has 0 aliphatic heterocycles. The van der Waals surface area contributed by atoms with Crippen LogP contribution < -0.4 is 10.2 Å². The molecule has 22 heavy (non-hydrogen) atoms. The van der Waals surface area contributed by atoms with E-state index < -0.39 is 6.10 Å². The average molecular weight is 294 g/mol. The summed E-state index contributed by atoms with van der Waals surface area (Å²) in [5.74, 6) is 0.353. The molecule has 1 N–H and O–H groups in total. The molecular formula is C18H18N2O2. The van der Waals surface area contributed by atoms with E-state index in [0.29, 0.717) is 5.75 Å². The fourth-order valence-electron chi connectivity index (χ4n) is 1.71. The molecule has 4 nitrogen and oxygen atoms in total. The summed E-state index contributed by atoms with van der Waals surface area (Å²) in [5, 5.41) is 3.86. The van der Waals surface area contributed by atoms with E-state index in [9.17, 15) is 4.79 Å². The maximum Gasteiger partial charge on any atom is 0.280 e. The molecule has 0 aliphatic carbocycles. The minimum atomic E-state index is -0.613. The van der Waals surface area contributed by atoms with Crippen LogP contribution in [0.4, 0.5) is 0 Å². The molecule has 1 unspecified atom stereocenters. The highest BCUT2D eigenvalue weighted by Crippen LogP contribution is 2.10. The van der Waals surface area contributed by atoms with Crippen molar-refractivity contribution in [3.05, 3.63) is 72.3 Å². The Labute approximate surface area is 130 Å². The molecule has 0 saturated heterocycles. The molecule has 0 saturated carbocycles. The minimum absolute atomic E-state index is 0.298. The lowest BCUT2D eigenvalue weighted by Gasteiger charge is -2.12. The summed E-state index contributed by atoms with van der Waals surface area (Å²) in [7, 11) is 0. The van der Waals surface area contributed by atoms with Crippen molar-refractivity contribution < 1.29 is 9.53 Å². The quantitative estimate of drug-likeness (QED) is 0.656. The third kappa shape index (κ3) is 5.25. The van der Waals surface area contributed by atoms with Crippen molar-refractivity contribution in [1.29, 1.82) is 0 Å². The second-order valence-corrected chi connectivity index (χ2v) is 4.60. The second-order valence-electron chi connectivity index (χ2n) is 4.60. The van der Waals surface area contributed by atoms with E-state index >= 15 is 0 Å². The lowest BCUT2D eigenvalue weighted by molar-refractivity contribution is -0.127. The number of carbonyl (C=O) groups is 1. The highest BCUT2D eigenvalue weighted by atomic mass is 16.5. The van der Waals surface area contributed by atoms with Crippen molar-refractivity contribution >= 4 is 18.2 Å². The molecule has 0 radical (unpaired) electrons. The first-order valence-electron chi connectivity index (χ1n) is 7.02. The molecule has 2 aromatic rings. The van der Waals surface area contributed by atoms with Crippen molar-refractivity contribution in [2.75, 3.05) is 0 Å². The van der Waals surface area contributed by atoms with Crippen LogP contribution in [0.25, 0.3) is 6.08 Å². The zero-order chi connectivity index (χ0) is 15.6. The van der Waals surface area contributed by atoms with Gasteiger partial charge >= 0.3 is 0 Å². The van der Waals surface area contributed by atoms with Gasteiger partial charge < -0.3 is 4.74 Å². The van der Waals surface area contributed by atoms with E-state index in [1.165, 1.54) is 6.21 Å². The van der Waals surface area contributed by atoms with Crippen LogP contribution >= 0.6 is 0 Å². The lowest BCUT2D eigenvalue weighted by atomic mass is 10.2. The van der Waals surface area contributed by atoms with Crippen molar-refractivity contribution in [2.24, 2.45) is 5.10 Å². The van der Waals surface area contributed by atoms with Gasteiger partial charge in [-0.2, -0.15) is 5.10 Å². The van der Waals surface area contributed by atoms with Gasteiger partial charge in [0, 0.05) is 6.21 Å². The first-order chi connectivity index (χ1) is 10.8. The van der Waals surface area contributed by atoms with Gasteiger partial charge in [0.1, 0.15) is 5.75 Å². The largest absolute Gasteiger partial charge is 0.481 e. The molecule has 4 heteroatoms. The third-order valence-corrected chi connectivity index (χ3v) is 2.85. The molecule has 0 aromatic heterocycles. The standard InChI is InChI=1S/C18H18N2O2/c1-15(22-17-12-6-3-7-13-17)18(21)20-19-14-8-11-16-9-4-2-5-10-16/h2-15H,1H3,(H,20,21). The Bertz CT molecular complexity index is 637. The molecule has 0 heterocycles. The third-order valence-electron chi connectivity index (χ3n) is 2.85. The van der Waals surface area contributed by atoms with Gasteiger partial charge in [-0.1, -0.05) is 54.6 Å². The fraction of sp³-hybridized carbons (Fsp3) is 0.111. The van der Waals surface area contributed by atoms with Gasteiger partial charge in [-0.25, -0.2) is 5.43 Å². The summed E-state index contributed by atoms with van der Waals surface area (Å²) in [6.07, 6.45) is 4.58. The van der Waals surface area contributed by atoms with Gasteiger partial charge in [0.15, 0.2) is 6.10 Å². The Morgan fingerprint density at radius 2 is 1.73 bits per heavy atom. The summed E-state index contributed by atoms with van der Waals surface area (Å²) in [4.78, 5) is 11.8. The number of nitrogens with zero attached hydrogens (tertiary/aromatic N) is 1. The van der Waals surface area contributed by atoms with E-state index in [1.54, 1.807) is 25.1 Å². The van der Waals surface area contributed by atoms with Crippen molar-refractivity contribution in [3.8, 4) is 5.75 Å². The average Bonchev–Trinajstić information content (AvgIpc) is 2.56. The maximum atomic E-state index is 11.8. The van der Waals surface area contributed by atoms with Crippen LogP contribution in [-0.4, -0.2) is 18.2 Å². The molecule has 0 fully saturated rings. The molecule has 0 bridgehead atoms. The molecule has 112 valence electrons. The predicted molar refractivity (Wildman–Crippen MR) is 88.6 cm³/mol. The smallest absolute Gasteiger partial charge is 0.280 e. The number of carbonyl (C=O) groups excluding carboxylic acids is 1. The van der Waals surface area contributed by atoms with Crippen LogP contribution in [0.1, 0.15) is 12.5 Å². The molecular weight excluding hydrogens is 276 g/mol. The first-order valence-corrected chi connectivity index (χ1v) is 7.02. The van der Waals surface area contributed by atoms with E-state index in [-0.39, 0.29) is 5.91 Å². The van der Waals surface area contributed by atoms with Crippen LogP contribution in [0.2, 0.25) is 0 Å². The first kappa shape index (κ1) is 15.5. The zero-order valence-electron chi connectivity index (χ0n) is 12.3. The normalized spacial score (nSPS) is 12.4. The van der Waals surface area contributed by atoms with Crippen LogP contribution in [0.3, 0.4) is 0 Å². The summed E-state index contributed by atoms with van der Waals surface area (Å²) in [5.41, 5.74) is 3.51. The van der Waals surface area contributed by atoms with Crippen molar-refractivity contribution in [1.82, 2.24) is 5.43 Å². The summed E-state index contributed by atoms with van der Waals surface area (Å²) >= 11 is 0. The number of allylic oxidation sites excluding steroid dienone is 1. The number of hydrazone groups is 1. The number of ether oxygens (including phenoxy) is 1. The van der Waals surface area contributed by atoms with Crippen LogP contribution in [0, 0.1) is 0 Å². The molecule has 1 atom stereocenters. The lowest BCUT2D eigenvalue weighted by Crippen LogP contribution is -2.33. The monoisotopic (exact) mass is 294 g/mol.